The molecule has 1 N–H and O–H groups in total. The van der Waals surface area contributed by atoms with Gasteiger partial charge in [-0.15, -0.1) is 0 Å². The number of sulfonamides is 1. The molecule has 0 aromatic heterocycles. The minimum Gasteiger partial charge on any atom is -0.352 e. The Labute approximate surface area is 197 Å². The molecule has 2 amide bonds. The monoisotopic (exact) mass is 473 g/mol. The summed E-state index contributed by atoms with van der Waals surface area (Å²) in [4.78, 5) is 27.9. The van der Waals surface area contributed by atoms with Gasteiger partial charge in [0.1, 0.15) is 12.6 Å². The fourth-order valence-electron chi connectivity index (χ4n) is 3.60. The Morgan fingerprint density at radius 1 is 0.970 bits per heavy atom. The maximum atomic E-state index is 13.5. The average Bonchev–Trinajstić information content (AvgIpc) is 2.75. The molecule has 8 heteroatoms. The van der Waals surface area contributed by atoms with Crippen molar-refractivity contribution >= 4 is 27.5 Å². The molecule has 0 saturated carbocycles. The van der Waals surface area contributed by atoms with Crippen LogP contribution in [0.1, 0.15) is 43.9 Å². The molecule has 0 heterocycles. The number of carbonyl (C=O) groups excluding carboxylic acids is 2. The summed E-state index contributed by atoms with van der Waals surface area (Å²) in [6, 6.07) is 14.0. The number of para-hydroxylation sites is 1. The Balaban J connectivity index is 2.42. The molecule has 180 valence electrons. The summed E-state index contributed by atoms with van der Waals surface area (Å²) in [5.74, 6) is -0.717. The van der Waals surface area contributed by atoms with Gasteiger partial charge in [0.15, 0.2) is 0 Å². The normalized spacial score (nSPS) is 13.2. The van der Waals surface area contributed by atoms with Gasteiger partial charge in [0.25, 0.3) is 0 Å². The van der Waals surface area contributed by atoms with Crippen molar-refractivity contribution in [3.05, 3.63) is 65.2 Å². The molecule has 0 unspecified atom stereocenters. The van der Waals surface area contributed by atoms with E-state index in [0.717, 1.165) is 33.7 Å². The summed E-state index contributed by atoms with van der Waals surface area (Å²) in [6.07, 6.45) is 1.85. The quantitative estimate of drug-likeness (QED) is 0.573. The molecule has 2 atom stereocenters. The molecule has 0 aliphatic rings. The van der Waals surface area contributed by atoms with Gasteiger partial charge in [-0.25, -0.2) is 8.42 Å². The van der Waals surface area contributed by atoms with Crippen molar-refractivity contribution in [3.63, 3.8) is 0 Å². The van der Waals surface area contributed by atoms with Crippen molar-refractivity contribution in [2.24, 2.45) is 0 Å². The van der Waals surface area contributed by atoms with Crippen LogP contribution >= 0.6 is 0 Å². The third-order valence-electron chi connectivity index (χ3n) is 5.73. The van der Waals surface area contributed by atoms with E-state index in [1.807, 2.05) is 76.2 Å². The van der Waals surface area contributed by atoms with Gasteiger partial charge in [-0.05, 0) is 50.8 Å². The lowest BCUT2D eigenvalue weighted by molar-refractivity contribution is -0.139. The third-order valence-corrected chi connectivity index (χ3v) is 6.84. The van der Waals surface area contributed by atoms with Crippen LogP contribution in [0.25, 0.3) is 0 Å². The van der Waals surface area contributed by atoms with Crippen LogP contribution in [0.3, 0.4) is 0 Å². The SMILES string of the molecule is CC[C@@H](C)NC(=O)[C@@H](C)N(Cc1ccccc1)C(=O)CN(c1c(C)cccc1C)S(C)(=O)=O. The zero-order valence-electron chi connectivity index (χ0n) is 20.3. The van der Waals surface area contributed by atoms with Crippen molar-refractivity contribution in [1.82, 2.24) is 10.2 Å². The largest absolute Gasteiger partial charge is 0.352 e. The molecule has 0 aliphatic carbocycles. The highest BCUT2D eigenvalue weighted by Crippen LogP contribution is 2.27. The minimum atomic E-state index is -3.75. The number of nitrogens with one attached hydrogen (secondary N) is 1. The first-order valence-corrected chi connectivity index (χ1v) is 13.0. The number of rotatable bonds is 10. The molecule has 0 radical (unpaired) electrons. The molecule has 33 heavy (non-hydrogen) atoms. The molecule has 0 fully saturated rings. The third kappa shape index (κ3) is 7.05. The fraction of sp³-hybridized carbons (Fsp3) is 0.440. The van der Waals surface area contributed by atoms with Crippen LogP contribution in [-0.4, -0.2) is 50.0 Å². The van der Waals surface area contributed by atoms with Gasteiger partial charge in [0, 0.05) is 12.6 Å². The molecule has 2 aromatic carbocycles. The van der Waals surface area contributed by atoms with Gasteiger partial charge < -0.3 is 10.2 Å². The number of hydrogen-bond donors (Lipinski definition) is 1. The lowest BCUT2D eigenvalue weighted by Crippen LogP contribution is -2.52. The van der Waals surface area contributed by atoms with Gasteiger partial charge in [0.2, 0.25) is 21.8 Å². The van der Waals surface area contributed by atoms with Crippen LogP contribution in [0.4, 0.5) is 5.69 Å². The molecular weight excluding hydrogens is 438 g/mol. The standard InChI is InChI=1S/C25H35N3O4S/c1-7-20(4)26-25(30)21(5)27(16-22-14-9-8-10-15-22)23(29)17-28(33(6,31)32)24-18(2)12-11-13-19(24)3/h8-15,20-21H,7,16-17H2,1-6H3,(H,26,30)/t20-,21-/m1/s1. The lowest BCUT2D eigenvalue weighted by Gasteiger charge is -2.32. The van der Waals surface area contributed by atoms with Crippen molar-refractivity contribution in [2.45, 2.75) is 59.7 Å². The predicted octanol–water partition coefficient (Wildman–Crippen LogP) is 3.40. The number of aryl methyl sites for hydroxylation is 2. The summed E-state index contributed by atoms with van der Waals surface area (Å²) < 4.78 is 26.6. The van der Waals surface area contributed by atoms with E-state index in [0.29, 0.717) is 5.69 Å². The number of benzene rings is 2. The number of anilines is 1. The summed E-state index contributed by atoms with van der Waals surface area (Å²) >= 11 is 0. The van der Waals surface area contributed by atoms with Crippen LogP contribution in [0.15, 0.2) is 48.5 Å². The van der Waals surface area contributed by atoms with Gasteiger partial charge in [-0.1, -0.05) is 55.5 Å². The first-order valence-electron chi connectivity index (χ1n) is 11.1. The topological polar surface area (TPSA) is 86.8 Å². The molecule has 2 rings (SSSR count). The Bertz CT molecular complexity index is 1050. The molecule has 0 saturated heterocycles. The number of nitrogens with zero attached hydrogens (tertiary/aromatic N) is 2. The van der Waals surface area contributed by atoms with E-state index in [2.05, 4.69) is 5.32 Å². The summed E-state index contributed by atoms with van der Waals surface area (Å²) in [5.41, 5.74) is 2.85. The first-order chi connectivity index (χ1) is 15.5. The second-order valence-corrected chi connectivity index (χ2v) is 10.4. The van der Waals surface area contributed by atoms with Crippen LogP contribution in [0, 0.1) is 13.8 Å². The fourth-order valence-corrected chi connectivity index (χ4v) is 4.57. The maximum absolute atomic E-state index is 13.5. The Hall–Kier alpha value is -2.87. The molecular formula is C25H35N3O4S. The molecule has 7 nitrogen and oxygen atoms in total. The van der Waals surface area contributed by atoms with Crippen molar-refractivity contribution in [2.75, 3.05) is 17.1 Å². The lowest BCUT2D eigenvalue weighted by atomic mass is 10.1. The second-order valence-electron chi connectivity index (χ2n) is 8.51. The van der Waals surface area contributed by atoms with E-state index in [1.165, 1.54) is 4.90 Å². The van der Waals surface area contributed by atoms with Crippen molar-refractivity contribution < 1.29 is 18.0 Å². The van der Waals surface area contributed by atoms with Crippen LogP contribution in [0.2, 0.25) is 0 Å². The van der Waals surface area contributed by atoms with Gasteiger partial charge in [-0.3, -0.25) is 13.9 Å². The van der Waals surface area contributed by atoms with E-state index >= 15 is 0 Å². The smallest absolute Gasteiger partial charge is 0.244 e. The molecule has 0 aliphatic heterocycles. The highest BCUT2D eigenvalue weighted by molar-refractivity contribution is 7.92. The average molecular weight is 474 g/mol. The van der Waals surface area contributed by atoms with E-state index in [4.69, 9.17) is 0 Å². The van der Waals surface area contributed by atoms with E-state index in [9.17, 15) is 18.0 Å². The molecule has 0 spiro atoms. The maximum Gasteiger partial charge on any atom is 0.244 e. The van der Waals surface area contributed by atoms with Crippen LogP contribution < -0.4 is 9.62 Å². The molecule has 2 aromatic rings. The van der Waals surface area contributed by atoms with E-state index < -0.39 is 28.5 Å². The van der Waals surface area contributed by atoms with Crippen LogP contribution in [0.5, 0.6) is 0 Å². The number of carbonyl (C=O) groups is 2. The van der Waals surface area contributed by atoms with E-state index in [-0.39, 0.29) is 18.5 Å². The Morgan fingerprint density at radius 3 is 2.06 bits per heavy atom. The Kier molecular flexibility index (Phi) is 9.05. The minimum absolute atomic E-state index is 0.0317. The number of hydrogen-bond acceptors (Lipinski definition) is 4. The van der Waals surface area contributed by atoms with Crippen LogP contribution in [-0.2, 0) is 26.2 Å². The molecule has 0 bridgehead atoms. The van der Waals surface area contributed by atoms with Crippen molar-refractivity contribution in [1.29, 1.82) is 0 Å². The van der Waals surface area contributed by atoms with Gasteiger partial charge in [-0.2, -0.15) is 0 Å². The zero-order valence-corrected chi connectivity index (χ0v) is 21.1. The highest BCUT2D eigenvalue weighted by atomic mass is 32.2. The first kappa shape index (κ1) is 26.4. The predicted molar refractivity (Wildman–Crippen MR) is 132 cm³/mol. The van der Waals surface area contributed by atoms with Crippen molar-refractivity contribution in [3.8, 4) is 0 Å². The summed E-state index contributed by atoms with van der Waals surface area (Å²) in [6.45, 7) is 8.97. The van der Waals surface area contributed by atoms with Gasteiger partial charge in [0.05, 0.1) is 11.9 Å². The Morgan fingerprint density at radius 2 is 1.55 bits per heavy atom. The summed E-state index contributed by atoms with van der Waals surface area (Å²) in [7, 11) is -3.75. The number of amides is 2. The van der Waals surface area contributed by atoms with E-state index in [1.54, 1.807) is 6.92 Å². The summed E-state index contributed by atoms with van der Waals surface area (Å²) in [5, 5.41) is 2.92. The highest BCUT2D eigenvalue weighted by Gasteiger charge is 2.31. The van der Waals surface area contributed by atoms with Gasteiger partial charge >= 0.3 is 0 Å². The zero-order chi connectivity index (χ0) is 24.8. The second kappa shape index (κ2) is 11.3.